The summed E-state index contributed by atoms with van der Waals surface area (Å²) in [5.74, 6) is 0.464. The van der Waals surface area contributed by atoms with Gasteiger partial charge in [-0.1, -0.05) is 12.2 Å². The van der Waals surface area contributed by atoms with Gasteiger partial charge in [0.25, 0.3) is 0 Å². The molecular weight excluding hydrogens is 180 g/mol. The van der Waals surface area contributed by atoms with Crippen molar-refractivity contribution in [1.29, 1.82) is 0 Å². The molecule has 0 amide bonds. The number of ether oxygens (including phenoxy) is 1. The highest BCUT2D eigenvalue weighted by Crippen LogP contribution is 2.54. The summed E-state index contributed by atoms with van der Waals surface area (Å²) in [6, 6.07) is 0. The van der Waals surface area contributed by atoms with E-state index >= 15 is 0 Å². The lowest BCUT2D eigenvalue weighted by Crippen LogP contribution is -2.36. The molecule has 3 nitrogen and oxygen atoms in total. The van der Waals surface area contributed by atoms with Crippen LogP contribution >= 0.6 is 0 Å². The average Bonchev–Trinajstić information content (AvgIpc) is 2.77. The van der Waals surface area contributed by atoms with Crippen molar-refractivity contribution >= 4 is 12.3 Å². The van der Waals surface area contributed by atoms with E-state index in [1.54, 1.807) is 0 Å². The second-order valence-electron chi connectivity index (χ2n) is 4.21. The minimum absolute atomic E-state index is 0.213. The summed E-state index contributed by atoms with van der Waals surface area (Å²) in [6.07, 6.45) is 7.13. The molecule has 2 rings (SSSR count). The van der Waals surface area contributed by atoms with E-state index in [1.165, 1.54) is 7.11 Å². The third-order valence-corrected chi connectivity index (χ3v) is 3.55. The first-order valence-electron chi connectivity index (χ1n) is 4.93. The Kier molecular flexibility index (Phi) is 2.17. The summed E-state index contributed by atoms with van der Waals surface area (Å²) in [5.41, 5.74) is -0.546. The molecule has 0 aromatic carbocycles. The van der Waals surface area contributed by atoms with Gasteiger partial charge in [-0.15, -0.1) is 0 Å². The van der Waals surface area contributed by atoms with Gasteiger partial charge in [0, 0.05) is 6.42 Å². The maximum Gasteiger partial charge on any atom is 0.312 e. The molecule has 0 aromatic rings. The van der Waals surface area contributed by atoms with E-state index in [4.69, 9.17) is 4.74 Å². The van der Waals surface area contributed by atoms with E-state index in [-0.39, 0.29) is 11.9 Å². The highest BCUT2D eigenvalue weighted by atomic mass is 16.5. The summed E-state index contributed by atoms with van der Waals surface area (Å²) in [5, 5.41) is 0. The molecule has 2 aliphatic rings. The fraction of sp³-hybridized carbons (Fsp3) is 0.636. The molecule has 0 saturated heterocycles. The predicted molar refractivity (Wildman–Crippen MR) is 50.5 cm³/mol. The monoisotopic (exact) mass is 194 g/mol. The van der Waals surface area contributed by atoms with Gasteiger partial charge in [0.15, 0.2) is 0 Å². The smallest absolute Gasteiger partial charge is 0.312 e. The van der Waals surface area contributed by atoms with Gasteiger partial charge < -0.3 is 9.53 Å². The lowest BCUT2D eigenvalue weighted by Gasteiger charge is -2.30. The molecule has 1 saturated carbocycles. The van der Waals surface area contributed by atoms with Crippen LogP contribution in [0.15, 0.2) is 12.2 Å². The molecule has 0 unspecified atom stereocenters. The molecule has 3 heteroatoms. The van der Waals surface area contributed by atoms with Gasteiger partial charge >= 0.3 is 5.97 Å². The van der Waals surface area contributed by atoms with Crippen molar-refractivity contribution in [3.05, 3.63) is 12.2 Å². The fourth-order valence-electron chi connectivity index (χ4n) is 2.86. The molecule has 1 fully saturated rings. The Bertz CT molecular complexity index is 295. The number of carbonyl (C=O) groups excluding carboxylic acids is 2. The summed E-state index contributed by atoms with van der Waals surface area (Å²) in [7, 11) is 1.39. The Labute approximate surface area is 83.1 Å². The van der Waals surface area contributed by atoms with E-state index in [0.717, 1.165) is 19.1 Å². The molecule has 3 atom stereocenters. The number of fused-ring (bicyclic) bond motifs is 2. The SMILES string of the molecule is COC(=O)[C@@]1(CC=O)C[C@H]2C=C[C@@H]1C2. The number of allylic oxidation sites excluding steroid dienone is 2. The van der Waals surface area contributed by atoms with Gasteiger partial charge in [0.1, 0.15) is 6.29 Å². The zero-order valence-electron chi connectivity index (χ0n) is 8.23. The van der Waals surface area contributed by atoms with Crippen molar-refractivity contribution in [2.24, 2.45) is 17.3 Å². The summed E-state index contributed by atoms with van der Waals surface area (Å²) < 4.78 is 4.81. The number of hydrogen-bond acceptors (Lipinski definition) is 3. The minimum atomic E-state index is -0.546. The van der Waals surface area contributed by atoms with Crippen LogP contribution in [0.3, 0.4) is 0 Å². The topological polar surface area (TPSA) is 43.4 Å². The molecule has 0 aliphatic heterocycles. The molecule has 0 N–H and O–H groups in total. The standard InChI is InChI=1S/C11H14O3/c1-14-10(13)11(4-5-12)7-8-2-3-9(11)6-8/h2-3,5,8-9H,4,6-7H2,1H3/t8-,9+,11-/m0/s1. The largest absolute Gasteiger partial charge is 0.469 e. The summed E-state index contributed by atoms with van der Waals surface area (Å²) >= 11 is 0. The molecular formula is C11H14O3. The molecule has 14 heavy (non-hydrogen) atoms. The Balaban J connectivity index is 2.28. The number of esters is 1. The van der Waals surface area contributed by atoms with Crippen molar-refractivity contribution in [1.82, 2.24) is 0 Å². The maximum atomic E-state index is 11.7. The molecule has 2 aliphatic carbocycles. The quantitative estimate of drug-likeness (QED) is 0.387. The molecule has 0 heterocycles. The number of methoxy groups -OCH3 is 1. The zero-order valence-corrected chi connectivity index (χ0v) is 8.23. The zero-order chi connectivity index (χ0) is 10.2. The van der Waals surface area contributed by atoms with Crippen molar-refractivity contribution < 1.29 is 14.3 Å². The van der Waals surface area contributed by atoms with Crippen LogP contribution in [-0.2, 0) is 14.3 Å². The van der Waals surface area contributed by atoms with E-state index in [9.17, 15) is 9.59 Å². The lowest BCUT2D eigenvalue weighted by molar-refractivity contribution is -0.155. The molecule has 0 aromatic heterocycles. The first-order chi connectivity index (χ1) is 6.73. The maximum absolute atomic E-state index is 11.7. The number of hydrogen-bond donors (Lipinski definition) is 0. The van der Waals surface area contributed by atoms with E-state index in [1.807, 2.05) is 0 Å². The minimum Gasteiger partial charge on any atom is -0.469 e. The average molecular weight is 194 g/mol. The van der Waals surface area contributed by atoms with Crippen molar-refractivity contribution in [3.63, 3.8) is 0 Å². The van der Waals surface area contributed by atoms with Gasteiger partial charge in [-0.3, -0.25) is 4.79 Å². The van der Waals surface area contributed by atoms with Crippen LogP contribution in [0.1, 0.15) is 19.3 Å². The fourth-order valence-corrected chi connectivity index (χ4v) is 2.86. The summed E-state index contributed by atoms with van der Waals surface area (Å²) in [6.45, 7) is 0. The van der Waals surface area contributed by atoms with Crippen LogP contribution in [0, 0.1) is 17.3 Å². The molecule has 0 spiro atoms. The van der Waals surface area contributed by atoms with Gasteiger partial charge in [-0.25, -0.2) is 0 Å². The Morgan fingerprint density at radius 3 is 2.86 bits per heavy atom. The third-order valence-electron chi connectivity index (χ3n) is 3.55. The van der Waals surface area contributed by atoms with Gasteiger partial charge in [-0.05, 0) is 24.7 Å². The van der Waals surface area contributed by atoms with Crippen molar-refractivity contribution in [2.75, 3.05) is 7.11 Å². The predicted octanol–water partition coefficient (Wildman–Crippen LogP) is 1.33. The van der Waals surface area contributed by atoms with Crippen molar-refractivity contribution in [2.45, 2.75) is 19.3 Å². The number of rotatable bonds is 3. The van der Waals surface area contributed by atoms with Gasteiger partial charge in [-0.2, -0.15) is 0 Å². The second-order valence-corrected chi connectivity index (χ2v) is 4.21. The molecule has 0 radical (unpaired) electrons. The van der Waals surface area contributed by atoms with Crippen molar-refractivity contribution in [3.8, 4) is 0 Å². The Morgan fingerprint density at radius 2 is 2.43 bits per heavy atom. The van der Waals surface area contributed by atoms with E-state index < -0.39 is 5.41 Å². The number of carbonyl (C=O) groups is 2. The summed E-state index contributed by atoms with van der Waals surface area (Å²) in [4.78, 5) is 22.3. The highest BCUT2D eigenvalue weighted by Gasteiger charge is 2.53. The van der Waals surface area contributed by atoms with Crippen LogP contribution in [0.2, 0.25) is 0 Å². The van der Waals surface area contributed by atoms with E-state index in [2.05, 4.69) is 12.2 Å². The van der Waals surface area contributed by atoms with Crippen LogP contribution < -0.4 is 0 Å². The van der Waals surface area contributed by atoms with Crippen LogP contribution in [0.5, 0.6) is 0 Å². The highest BCUT2D eigenvalue weighted by molar-refractivity contribution is 5.81. The molecule has 2 bridgehead atoms. The third kappa shape index (κ3) is 1.11. The van der Waals surface area contributed by atoms with Crippen LogP contribution in [0.25, 0.3) is 0 Å². The van der Waals surface area contributed by atoms with Gasteiger partial charge in [0.05, 0.1) is 12.5 Å². The Morgan fingerprint density at radius 1 is 1.64 bits per heavy atom. The van der Waals surface area contributed by atoms with Crippen LogP contribution in [0.4, 0.5) is 0 Å². The first kappa shape index (κ1) is 9.44. The normalized spacial score (nSPS) is 38.6. The van der Waals surface area contributed by atoms with Gasteiger partial charge in [0.2, 0.25) is 0 Å². The number of aldehydes is 1. The first-order valence-corrected chi connectivity index (χ1v) is 4.93. The lowest BCUT2D eigenvalue weighted by atomic mass is 9.73. The van der Waals surface area contributed by atoms with E-state index in [0.29, 0.717) is 12.3 Å². The Hall–Kier alpha value is -1.12. The van der Waals surface area contributed by atoms with Crippen LogP contribution in [-0.4, -0.2) is 19.4 Å². The molecule has 76 valence electrons. The second kappa shape index (κ2) is 3.23.